The van der Waals surface area contributed by atoms with Crippen LogP contribution in [0.25, 0.3) is 6.08 Å². The average Bonchev–Trinajstić information content (AvgIpc) is 3.21. The largest absolute Gasteiger partial charge is 0.490 e. The first kappa shape index (κ1) is 17.8. The number of carbonyl (C=O) groups is 2. The van der Waals surface area contributed by atoms with Gasteiger partial charge >= 0.3 is 11.9 Å². The summed E-state index contributed by atoms with van der Waals surface area (Å²) in [5.74, 6) is -0.305. The molecule has 0 unspecified atom stereocenters. The van der Waals surface area contributed by atoms with Crippen molar-refractivity contribution in [3.63, 3.8) is 0 Å². The maximum atomic E-state index is 12.0. The molecule has 0 N–H and O–H groups in total. The van der Waals surface area contributed by atoms with Crippen LogP contribution in [-0.4, -0.2) is 24.4 Å². The maximum absolute atomic E-state index is 12.0. The van der Waals surface area contributed by atoms with E-state index in [1.165, 1.54) is 25.3 Å². The highest BCUT2D eigenvalue weighted by molar-refractivity contribution is 6.32. The van der Waals surface area contributed by atoms with Gasteiger partial charge in [0.05, 0.1) is 17.9 Å². The number of carbonyl (C=O) groups excluding carboxylic acids is 2. The standard InChI is InChI=1S/C18H14ClNO6/c1-3-23-15-9-11(7-12(19)16(15)25-10(2)21)8-13-18(22)26-17(20-13)14-5-4-6-24-14/h4-9H,3H2,1-2H3/b13-8-. The van der Waals surface area contributed by atoms with Crippen LogP contribution >= 0.6 is 11.6 Å². The molecule has 1 aromatic carbocycles. The van der Waals surface area contributed by atoms with E-state index in [9.17, 15) is 9.59 Å². The fourth-order valence-electron chi connectivity index (χ4n) is 2.25. The van der Waals surface area contributed by atoms with Crippen LogP contribution in [0.3, 0.4) is 0 Å². The molecular formula is C18H14ClNO6. The second kappa shape index (κ2) is 7.45. The predicted molar refractivity (Wildman–Crippen MR) is 93.2 cm³/mol. The molecule has 7 nitrogen and oxygen atoms in total. The number of hydrogen-bond acceptors (Lipinski definition) is 7. The van der Waals surface area contributed by atoms with Crippen LogP contribution in [0.1, 0.15) is 25.2 Å². The van der Waals surface area contributed by atoms with Gasteiger partial charge in [0.1, 0.15) is 0 Å². The molecule has 0 saturated heterocycles. The molecule has 0 aliphatic carbocycles. The van der Waals surface area contributed by atoms with E-state index in [0.717, 1.165) is 0 Å². The first-order chi connectivity index (χ1) is 12.5. The number of ether oxygens (including phenoxy) is 3. The number of halogens is 1. The Balaban J connectivity index is 1.97. The maximum Gasteiger partial charge on any atom is 0.363 e. The topological polar surface area (TPSA) is 87.3 Å². The molecule has 2 heterocycles. The molecule has 1 aromatic heterocycles. The Labute approximate surface area is 153 Å². The zero-order chi connectivity index (χ0) is 18.7. The fraction of sp³-hybridized carbons (Fsp3) is 0.167. The summed E-state index contributed by atoms with van der Waals surface area (Å²) < 4.78 is 20.8. The third kappa shape index (κ3) is 3.78. The van der Waals surface area contributed by atoms with Crippen LogP contribution in [0, 0.1) is 0 Å². The summed E-state index contributed by atoms with van der Waals surface area (Å²) in [4.78, 5) is 27.4. The van der Waals surface area contributed by atoms with Gasteiger partial charge in [-0.15, -0.1) is 0 Å². The molecule has 0 fully saturated rings. The van der Waals surface area contributed by atoms with Crippen molar-refractivity contribution >= 4 is 35.5 Å². The van der Waals surface area contributed by atoms with Crippen LogP contribution in [-0.2, 0) is 14.3 Å². The van der Waals surface area contributed by atoms with Crippen LogP contribution in [0.15, 0.2) is 45.6 Å². The van der Waals surface area contributed by atoms with E-state index in [1.807, 2.05) is 0 Å². The normalized spacial score (nSPS) is 15.0. The first-order valence-corrected chi connectivity index (χ1v) is 8.07. The van der Waals surface area contributed by atoms with Crippen molar-refractivity contribution in [2.24, 2.45) is 4.99 Å². The van der Waals surface area contributed by atoms with Crippen molar-refractivity contribution < 1.29 is 28.2 Å². The Hall–Kier alpha value is -3.06. The van der Waals surface area contributed by atoms with E-state index in [-0.39, 0.29) is 28.1 Å². The summed E-state index contributed by atoms with van der Waals surface area (Å²) in [7, 11) is 0. The lowest BCUT2D eigenvalue weighted by Gasteiger charge is -2.12. The number of furan rings is 1. The molecule has 1 aliphatic rings. The summed E-state index contributed by atoms with van der Waals surface area (Å²) in [5, 5.41) is 0.166. The van der Waals surface area contributed by atoms with Gasteiger partial charge in [-0.05, 0) is 42.8 Å². The van der Waals surface area contributed by atoms with Crippen LogP contribution < -0.4 is 9.47 Å². The van der Waals surface area contributed by atoms with Crippen molar-refractivity contribution in [3.8, 4) is 11.5 Å². The molecular weight excluding hydrogens is 362 g/mol. The van der Waals surface area contributed by atoms with Gasteiger partial charge in [-0.2, -0.15) is 0 Å². The molecule has 0 radical (unpaired) electrons. The first-order valence-electron chi connectivity index (χ1n) is 7.69. The van der Waals surface area contributed by atoms with E-state index in [1.54, 1.807) is 25.1 Å². The van der Waals surface area contributed by atoms with Gasteiger partial charge in [-0.1, -0.05) is 11.6 Å². The fourth-order valence-corrected chi connectivity index (χ4v) is 2.51. The van der Waals surface area contributed by atoms with E-state index in [2.05, 4.69) is 4.99 Å². The van der Waals surface area contributed by atoms with Crippen LogP contribution in [0.4, 0.5) is 0 Å². The molecule has 0 bridgehead atoms. The molecule has 26 heavy (non-hydrogen) atoms. The van der Waals surface area contributed by atoms with Crippen molar-refractivity contribution in [3.05, 3.63) is 52.6 Å². The number of rotatable bonds is 5. The highest BCUT2D eigenvalue weighted by Gasteiger charge is 2.26. The SMILES string of the molecule is CCOc1cc(/C=C2\N=C(c3ccco3)OC2=O)cc(Cl)c1OC(C)=O. The molecule has 3 rings (SSSR count). The van der Waals surface area contributed by atoms with Crippen molar-refractivity contribution in [1.82, 2.24) is 0 Å². The molecule has 0 atom stereocenters. The number of cyclic esters (lactones) is 1. The Morgan fingerprint density at radius 2 is 2.19 bits per heavy atom. The third-order valence-corrected chi connectivity index (χ3v) is 3.51. The smallest absolute Gasteiger partial charge is 0.363 e. The number of hydrogen-bond donors (Lipinski definition) is 0. The number of aliphatic imine (C=N–C) groups is 1. The average molecular weight is 376 g/mol. The molecule has 2 aromatic rings. The number of esters is 2. The highest BCUT2D eigenvalue weighted by atomic mass is 35.5. The number of benzene rings is 1. The molecule has 1 aliphatic heterocycles. The second-order valence-electron chi connectivity index (χ2n) is 5.17. The van der Waals surface area contributed by atoms with Crippen molar-refractivity contribution in [1.29, 1.82) is 0 Å². The monoisotopic (exact) mass is 375 g/mol. The molecule has 0 saturated carbocycles. The zero-order valence-electron chi connectivity index (χ0n) is 13.9. The van der Waals surface area contributed by atoms with Gasteiger partial charge in [0.15, 0.2) is 23.0 Å². The second-order valence-corrected chi connectivity index (χ2v) is 5.58. The van der Waals surface area contributed by atoms with E-state index < -0.39 is 11.9 Å². The molecule has 134 valence electrons. The van der Waals surface area contributed by atoms with Crippen molar-refractivity contribution in [2.45, 2.75) is 13.8 Å². The molecule has 8 heteroatoms. The summed E-state index contributed by atoms with van der Waals surface area (Å²) >= 11 is 6.19. The lowest BCUT2D eigenvalue weighted by Crippen LogP contribution is -2.05. The summed E-state index contributed by atoms with van der Waals surface area (Å²) in [5.41, 5.74) is 0.612. The van der Waals surface area contributed by atoms with E-state index in [4.69, 9.17) is 30.2 Å². The lowest BCUT2D eigenvalue weighted by atomic mass is 10.1. The van der Waals surface area contributed by atoms with Gasteiger partial charge < -0.3 is 18.6 Å². The van der Waals surface area contributed by atoms with E-state index >= 15 is 0 Å². The minimum atomic E-state index is -0.616. The van der Waals surface area contributed by atoms with Gasteiger partial charge in [0, 0.05) is 6.92 Å². The lowest BCUT2D eigenvalue weighted by molar-refractivity contribution is -0.132. The van der Waals surface area contributed by atoms with Gasteiger partial charge in [0.2, 0.25) is 0 Å². The summed E-state index contributed by atoms with van der Waals surface area (Å²) in [6.07, 6.45) is 2.94. The van der Waals surface area contributed by atoms with Gasteiger partial charge in [-0.25, -0.2) is 9.79 Å². The molecule has 0 spiro atoms. The van der Waals surface area contributed by atoms with Crippen LogP contribution in [0.5, 0.6) is 11.5 Å². The minimum Gasteiger partial charge on any atom is -0.490 e. The highest BCUT2D eigenvalue weighted by Crippen LogP contribution is 2.37. The summed E-state index contributed by atoms with van der Waals surface area (Å²) in [6.45, 7) is 3.39. The quantitative estimate of drug-likeness (QED) is 0.450. The summed E-state index contributed by atoms with van der Waals surface area (Å²) in [6, 6.07) is 6.42. The Morgan fingerprint density at radius 3 is 2.85 bits per heavy atom. The van der Waals surface area contributed by atoms with Crippen LogP contribution in [0.2, 0.25) is 5.02 Å². The van der Waals surface area contributed by atoms with Crippen molar-refractivity contribution in [2.75, 3.05) is 6.61 Å². The minimum absolute atomic E-state index is 0.0788. The van der Waals surface area contributed by atoms with E-state index in [0.29, 0.717) is 17.9 Å². The van der Waals surface area contributed by atoms with Gasteiger partial charge in [-0.3, -0.25) is 4.79 Å². The number of nitrogens with zero attached hydrogens (tertiary/aromatic N) is 1. The third-order valence-electron chi connectivity index (χ3n) is 3.23. The Morgan fingerprint density at radius 1 is 1.38 bits per heavy atom. The predicted octanol–water partition coefficient (Wildman–Crippen LogP) is 3.60. The Kier molecular flexibility index (Phi) is 5.09. The Bertz CT molecular complexity index is 914. The van der Waals surface area contributed by atoms with Gasteiger partial charge in [0.25, 0.3) is 5.90 Å². The molecule has 0 amide bonds. The zero-order valence-corrected chi connectivity index (χ0v) is 14.7.